The van der Waals surface area contributed by atoms with Crippen molar-refractivity contribution in [2.45, 2.75) is 24.2 Å². The molecule has 108 valence electrons. The molecule has 0 fully saturated rings. The van der Waals surface area contributed by atoms with E-state index in [1.54, 1.807) is 0 Å². The van der Waals surface area contributed by atoms with Crippen molar-refractivity contribution in [3.63, 3.8) is 0 Å². The molecular weight excluding hydrogens is 294 g/mol. The van der Waals surface area contributed by atoms with Crippen LogP contribution in [0, 0.1) is 0 Å². The number of rotatable bonds is 2. The van der Waals surface area contributed by atoms with Crippen molar-refractivity contribution < 1.29 is 53.4 Å². The molecule has 0 rings (SSSR count). The molecule has 0 aromatic rings. The molecule has 0 N–H and O–H groups in total. The van der Waals surface area contributed by atoms with Crippen molar-refractivity contribution in [1.29, 1.82) is 0 Å². The molecular formula is C6H2F10O2. The molecule has 0 aliphatic carbocycles. The Morgan fingerprint density at radius 1 is 0.778 bits per heavy atom. The minimum Gasteiger partial charge on any atom is -0.453 e. The normalized spacial score (nSPS) is 14.6. The van der Waals surface area contributed by atoms with Crippen molar-refractivity contribution in [2.24, 2.45) is 0 Å². The Morgan fingerprint density at radius 3 is 1.33 bits per heavy atom. The van der Waals surface area contributed by atoms with Crippen molar-refractivity contribution in [3.05, 3.63) is 0 Å². The first-order valence-corrected chi connectivity index (χ1v) is 3.69. The molecule has 0 radical (unpaired) electrons. The quantitative estimate of drug-likeness (QED) is 0.578. The maximum absolute atomic E-state index is 12.7. The zero-order valence-corrected chi connectivity index (χ0v) is 7.80. The summed E-state index contributed by atoms with van der Waals surface area (Å²) in [5, 5.41) is 0. The fourth-order valence-electron chi connectivity index (χ4n) is 0.639. The maximum Gasteiger partial charge on any atom is 0.442 e. The molecule has 12 heteroatoms. The van der Waals surface area contributed by atoms with E-state index in [9.17, 15) is 48.7 Å². The van der Waals surface area contributed by atoms with Gasteiger partial charge in [-0.2, -0.15) is 39.5 Å². The zero-order valence-electron chi connectivity index (χ0n) is 7.80. The summed E-state index contributed by atoms with van der Waals surface area (Å²) in [6, 6.07) is 0. The molecule has 0 bridgehead atoms. The topological polar surface area (TPSA) is 26.3 Å². The molecule has 0 heterocycles. The Balaban J connectivity index is 5.21. The number of ether oxygens (including phenoxy) is 1. The minimum absolute atomic E-state index is 2.65. The highest BCUT2D eigenvalue weighted by atomic mass is 19.4. The Hall–Kier alpha value is -1.23. The van der Waals surface area contributed by atoms with E-state index >= 15 is 0 Å². The molecule has 0 aliphatic rings. The van der Waals surface area contributed by atoms with Gasteiger partial charge in [0, 0.05) is 0 Å². The molecule has 0 aliphatic heterocycles. The van der Waals surface area contributed by atoms with Gasteiger partial charge in [0.2, 0.25) is 0 Å². The molecule has 18 heavy (non-hydrogen) atoms. The van der Waals surface area contributed by atoms with Gasteiger partial charge in [0.05, 0.1) is 0 Å². The predicted octanol–water partition coefficient (Wildman–Crippen LogP) is 2.92. The van der Waals surface area contributed by atoms with E-state index in [2.05, 4.69) is 4.74 Å². The maximum atomic E-state index is 12.7. The van der Waals surface area contributed by atoms with Crippen LogP contribution >= 0.6 is 0 Å². The summed E-state index contributed by atoms with van der Waals surface area (Å²) in [4.78, 5) is 10.3. The molecule has 0 amide bonds. The molecule has 0 saturated carbocycles. The van der Waals surface area contributed by atoms with Crippen LogP contribution in [0.15, 0.2) is 0 Å². The molecule has 0 aromatic carbocycles. The zero-order chi connectivity index (χ0) is 15.0. The predicted molar refractivity (Wildman–Crippen MR) is 33.0 cm³/mol. The smallest absolute Gasteiger partial charge is 0.442 e. The van der Waals surface area contributed by atoms with E-state index in [0.717, 1.165) is 0 Å². The third-order valence-electron chi connectivity index (χ3n) is 1.43. The van der Waals surface area contributed by atoms with Gasteiger partial charge in [-0.15, -0.1) is 0 Å². The lowest BCUT2D eigenvalue weighted by molar-refractivity contribution is -0.334. The van der Waals surface area contributed by atoms with Crippen LogP contribution in [0.4, 0.5) is 43.9 Å². The second-order valence-electron chi connectivity index (χ2n) is 2.85. The van der Waals surface area contributed by atoms with Crippen LogP contribution in [-0.4, -0.2) is 36.8 Å². The number of alkyl halides is 10. The highest BCUT2D eigenvalue weighted by molar-refractivity contribution is 5.81. The molecule has 0 atom stereocenters. The Kier molecular flexibility index (Phi) is 4.16. The van der Waals surface area contributed by atoms with Gasteiger partial charge in [-0.05, 0) is 0 Å². The summed E-state index contributed by atoms with van der Waals surface area (Å²) in [6.45, 7) is -2.77. The summed E-state index contributed by atoms with van der Waals surface area (Å²) >= 11 is 0. The van der Waals surface area contributed by atoms with Crippen LogP contribution < -0.4 is 0 Å². The number of halogens is 10. The largest absolute Gasteiger partial charge is 0.453 e. The number of hydrogen-bond acceptors (Lipinski definition) is 2. The Bertz CT molecular complexity index is 296. The first-order chi connectivity index (χ1) is 7.63. The van der Waals surface area contributed by atoms with Gasteiger partial charge in [-0.25, -0.2) is 9.18 Å². The van der Waals surface area contributed by atoms with Crippen molar-refractivity contribution in [2.75, 3.05) is 6.61 Å². The van der Waals surface area contributed by atoms with Crippen LogP contribution in [-0.2, 0) is 9.53 Å². The summed E-state index contributed by atoms with van der Waals surface area (Å²) in [5.74, 6) is -3.72. The Morgan fingerprint density at radius 2 is 1.11 bits per heavy atom. The third-order valence-corrected chi connectivity index (χ3v) is 1.43. The molecule has 0 spiro atoms. The lowest BCUT2D eigenvalue weighted by Crippen LogP contribution is -2.59. The average Bonchev–Trinajstić information content (AvgIpc) is 2.07. The van der Waals surface area contributed by atoms with Crippen LogP contribution in [0.5, 0.6) is 0 Å². The average molecular weight is 296 g/mol. The number of carbonyl (C=O) groups excluding carboxylic acids is 1. The van der Waals surface area contributed by atoms with Gasteiger partial charge in [-0.3, -0.25) is 0 Å². The number of esters is 1. The molecule has 2 nitrogen and oxygen atoms in total. The minimum atomic E-state index is -6.80. The van der Waals surface area contributed by atoms with Gasteiger partial charge >= 0.3 is 30.2 Å². The first kappa shape index (κ1) is 16.8. The lowest BCUT2D eigenvalue weighted by atomic mass is 10.1. The van der Waals surface area contributed by atoms with E-state index in [1.807, 2.05) is 0 Å². The summed E-state index contributed by atoms with van der Waals surface area (Å²) in [7, 11) is 0. The second-order valence-corrected chi connectivity index (χ2v) is 2.85. The van der Waals surface area contributed by atoms with Crippen LogP contribution in [0.1, 0.15) is 0 Å². The van der Waals surface area contributed by atoms with E-state index in [-0.39, 0.29) is 0 Å². The van der Waals surface area contributed by atoms with E-state index in [1.165, 1.54) is 0 Å². The number of hydrogen-bond donors (Lipinski definition) is 0. The van der Waals surface area contributed by atoms with Crippen LogP contribution in [0.25, 0.3) is 0 Å². The standard InChI is InChI=1S/C6H2F10O2/c7-3(8,9)1-18-2(17)4(10,5(11,12)13)6(14,15)16/h1H2. The van der Waals surface area contributed by atoms with Gasteiger partial charge in [-0.1, -0.05) is 0 Å². The van der Waals surface area contributed by atoms with Gasteiger partial charge in [0.25, 0.3) is 0 Å². The number of carbonyl (C=O) groups is 1. The molecule has 0 unspecified atom stereocenters. The first-order valence-electron chi connectivity index (χ1n) is 3.69. The van der Waals surface area contributed by atoms with E-state index in [0.29, 0.717) is 0 Å². The molecule has 0 aromatic heterocycles. The fourth-order valence-corrected chi connectivity index (χ4v) is 0.639. The lowest BCUT2D eigenvalue weighted by Gasteiger charge is -2.27. The van der Waals surface area contributed by atoms with Crippen molar-refractivity contribution in [3.8, 4) is 0 Å². The van der Waals surface area contributed by atoms with Crippen LogP contribution in [0.3, 0.4) is 0 Å². The monoisotopic (exact) mass is 296 g/mol. The van der Waals surface area contributed by atoms with Crippen LogP contribution in [0.2, 0.25) is 0 Å². The highest BCUT2D eigenvalue weighted by Gasteiger charge is 2.79. The van der Waals surface area contributed by atoms with E-state index < -0.39 is 36.8 Å². The summed E-state index contributed by atoms with van der Waals surface area (Å²) in [6.07, 6.45) is -19.0. The van der Waals surface area contributed by atoms with E-state index in [4.69, 9.17) is 0 Å². The fraction of sp³-hybridized carbons (Fsp3) is 0.833. The van der Waals surface area contributed by atoms with Gasteiger partial charge in [0.1, 0.15) is 0 Å². The van der Waals surface area contributed by atoms with Gasteiger partial charge in [0.15, 0.2) is 6.61 Å². The molecule has 0 saturated heterocycles. The van der Waals surface area contributed by atoms with Gasteiger partial charge < -0.3 is 4.74 Å². The summed E-state index contributed by atoms with van der Waals surface area (Å²) < 4.78 is 120. The van der Waals surface area contributed by atoms with Crippen molar-refractivity contribution >= 4 is 5.97 Å². The highest BCUT2D eigenvalue weighted by Crippen LogP contribution is 2.47. The van der Waals surface area contributed by atoms with Crippen molar-refractivity contribution in [1.82, 2.24) is 0 Å². The SMILES string of the molecule is O=C(OCC(F)(F)F)C(F)(C(F)(F)F)C(F)(F)F. The summed E-state index contributed by atoms with van der Waals surface area (Å²) in [5.41, 5.74) is -6.51. The third kappa shape index (κ3) is 3.38. The second kappa shape index (κ2) is 4.46. The Labute approximate surface area is 91.5 Å².